The number of urea groups is 1. The number of anilines is 1. The molecule has 1 aromatic rings. The van der Waals surface area contributed by atoms with Crippen LogP contribution in [0.4, 0.5) is 10.5 Å². The van der Waals surface area contributed by atoms with Crippen molar-refractivity contribution in [2.45, 2.75) is 32.9 Å². The molecular weight excluding hydrogens is 202 g/mol. The summed E-state index contributed by atoms with van der Waals surface area (Å²) in [6.07, 6.45) is 0.834. The topological polar surface area (TPSA) is 44.4 Å². The lowest BCUT2D eigenvalue weighted by atomic mass is 10.2. The molecule has 1 fully saturated rings. The highest BCUT2D eigenvalue weighted by Gasteiger charge is 2.37. The largest absolute Gasteiger partial charge is 0.338 e. The van der Waals surface area contributed by atoms with Crippen molar-refractivity contribution < 1.29 is 4.79 Å². The van der Waals surface area contributed by atoms with E-state index in [0.29, 0.717) is 0 Å². The van der Waals surface area contributed by atoms with Crippen molar-refractivity contribution in [2.75, 3.05) is 5.01 Å². The number of hydrogen-bond donors (Lipinski definition) is 2. The Morgan fingerprint density at radius 1 is 1.44 bits per heavy atom. The molecule has 2 amide bonds. The summed E-state index contributed by atoms with van der Waals surface area (Å²) in [4.78, 5) is 11.8. The van der Waals surface area contributed by atoms with Gasteiger partial charge in [-0.25, -0.2) is 15.2 Å². The van der Waals surface area contributed by atoms with Crippen LogP contribution in [0.3, 0.4) is 0 Å². The minimum Gasteiger partial charge on any atom is -0.317 e. The van der Waals surface area contributed by atoms with Crippen molar-refractivity contribution in [3.05, 3.63) is 29.8 Å². The van der Waals surface area contributed by atoms with Crippen LogP contribution in [-0.4, -0.2) is 11.7 Å². The van der Waals surface area contributed by atoms with E-state index in [1.54, 1.807) is 5.01 Å². The normalized spacial score (nSPS) is 24.7. The van der Waals surface area contributed by atoms with Gasteiger partial charge < -0.3 is 5.32 Å². The third kappa shape index (κ3) is 1.88. The van der Waals surface area contributed by atoms with E-state index in [9.17, 15) is 4.79 Å². The monoisotopic (exact) mass is 219 g/mol. The highest BCUT2D eigenvalue weighted by atomic mass is 16.2. The molecule has 16 heavy (non-hydrogen) atoms. The lowest BCUT2D eigenvalue weighted by molar-refractivity contribution is 0.247. The summed E-state index contributed by atoms with van der Waals surface area (Å²) in [7, 11) is 0. The van der Waals surface area contributed by atoms with Crippen LogP contribution in [0.25, 0.3) is 0 Å². The maximum atomic E-state index is 11.8. The summed E-state index contributed by atoms with van der Waals surface area (Å²) in [6.45, 7) is 6.02. The smallest absolute Gasteiger partial charge is 0.317 e. The van der Waals surface area contributed by atoms with E-state index in [4.69, 9.17) is 0 Å². The number of hydrogen-bond acceptors (Lipinski definition) is 2. The lowest BCUT2D eigenvalue weighted by Crippen LogP contribution is -2.47. The van der Waals surface area contributed by atoms with E-state index in [2.05, 4.69) is 10.7 Å². The number of rotatable bonds is 2. The fourth-order valence-electron chi connectivity index (χ4n) is 1.73. The molecule has 0 aromatic heterocycles. The minimum absolute atomic E-state index is 0.102. The van der Waals surface area contributed by atoms with Crippen LogP contribution in [0, 0.1) is 6.92 Å². The Morgan fingerprint density at radius 2 is 2.19 bits per heavy atom. The van der Waals surface area contributed by atoms with E-state index in [1.807, 2.05) is 45.0 Å². The molecule has 0 saturated carbocycles. The number of amides is 2. The quantitative estimate of drug-likeness (QED) is 0.800. The molecule has 2 rings (SSSR count). The van der Waals surface area contributed by atoms with Gasteiger partial charge in [0.15, 0.2) is 0 Å². The molecule has 1 aliphatic rings. The third-order valence-electron chi connectivity index (χ3n) is 2.91. The van der Waals surface area contributed by atoms with Crippen LogP contribution in [-0.2, 0) is 0 Å². The Labute approximate surface area is 95.6 Å². The Balaban J connectivity index is 2.27. The molecule has 4 heteroatoms. The predicted molar refractivity (Wildman–Crippen MR) is 64.0 cm³/mol. The van der Waals surface area contributed by atoms with Crippen LogP contribution in [0.15, 0.2) is 24.3 Å². The molecule has 1 heterocycles. The summed E-state index contributed by atoms with van der Waals surface area (Å²) >= 11 is 0. The van der Waals surface area contributed by atoms with E-state index < -0.39 is 0 Å². The van der Waals surface area contributed by atoms with Crippen molar-refractivity contribution in [3.63, 3.8) is 0 Å². The molecule has 2 N–H and O–H groups in total. The van der Waals surface area contributed by atoms with Crippen molar-refractivity contribution in [1.29, 1.82) is 0 Å². The van der Waals surface area contributed by atoms with Crippen LogP contribution in [0.2, 0.25) is 0 Å². The van der Waals surface area contributed by atoms with Crippen LogP contribution in [0.1, 0.15) is 25.8 Å². The fraction of sp³-hybridized carbons (Fsp3) is 0.417. The molecule has 86 valence electrons. The Kier molecular flexibility index (Phi) is 2.59. The molecule has 0 radical (unpaired) electrons. The van der Waals surface area contributed by atoms with Crippen LogP contribution < -0.4 is 15.8 Å². The number of carbonyl (C=O) groups excluding carboxylic acids is 1. The number of hydrazine groups is 1. The van der Waals surface area contributed by atoms with Crippen molar-refractivity contribution in [2.24, 2.45) is 0 Å². The first-order valence-corrected chi connectivity index (χ1v) is 5.51. The van der Waals surface area contributed by atoms with Crippen molar-refractivity contribution >= 4 is 11.7 Å². The molecule has 1 aromatic carbocycles. The average molecular weight is 219 g/mol. The first-order chi connectivity index (χ1) is 7.54. The van der Waals surface area contributed by atoms with E-state index in [-0.39, 0.29) is 11.7 Å². The van der Waals surface area contributed by atoms with Gasteiger partial charge in [-0.05, 0) is 38.0 Å². The first kappa shape index (κ1) is 11.0. The Morgan fingerprint density at radius 3 is 2.75 bits per heavy atom. The van der Waals surface area contributed by atoms with Gasteiger partial charge in [0.2, 0.25) is 0 Å². The predicted octanol–water partition coefficient (Wildman–Crippen LogP) is 2.16. The summed E-state index contributed by atoms with van der Waals surface area (Å²) < 4.78 is 0. The maximum Gasteiger partial charge on any atom is 0.338 e. The van der Waals surface area contributed by atoms with Gasteiger partial charge in [-0.15, -0.1) is 0 Å². The minimum atomic E-state index is -0.346. The third-order valence-corrected chi connectivity index (χ3v) is 2.91. The molecule has 0 unspecified atom stereocenters. The number of nitrogens with one attached hydrogen (secondary N) is 2. The van der Waals surface area contributed by atoms with Crippen molar-refractivity contribution in [1.82, 2.24) is 10.7 Å². The highest BCUT2D eigenvalue weighted by Crippen LogP contribution is 2.21. The molecule has 1 atom stereocenters. The van der Waals surface area contributed by atoms with Gasteiger partial charge in [-0.3, -0.25) is 0 Å². The van der Waals surface area contributed by atoms with Gasteiger partial charge in [-0.2, -0.15) is 0 Å². The highest BCUT2D eigenvalue weighted by molar-refractivity contribution is 5.93. The van der Waals surface area contributed by atoms with Crippen LogP contribution in [0.5, 0.6) is 0 Å². The van der Waals surface area contributed by atoms with Gasteiger partial charge >= 0.3 is 6.03 Å². The second-order valence-electron chi connectivity index (χ2n) is 4.40. The molecule has 0 spiro atoms. The summed E-state index contributed by atoms with van der Waals surface area (Å²) in [6, 6.07) is 7.75. The van der Waals surface area contributed by atoms with Crippen LogP contribution >= 0.6 is 0 Å². The van der Waals surface area contributed by atoms with Gasteiger partial charge in [0.05, 0.1) is 5.69 Å². The molecule has 0 aliphatic carbocycles. The SMILES string of the molecule is CC[C@@]1(C)NC(=O)N(c2cccc(C)c2)N1. The molecule has 4 nitrogen and oxygen atoms in total. The zero-order valence-corrected chi connectivity index (χ0v) is 9.87. The average Bonchev–Trinajstić information content (AvgIpc) is 2.55. The number of benzene rings is 1. The molecule has 1 saturated heterocycles. The molecule has 0 bridgehead atoms. The summed E-state index contributed by atoms with van der Waals surface area (Å²) in [5, 5.41) is 4.49. The second kappa shape index (κ2) is 3.79. The van der Waals surface area contributed by atoms with Gasteiger partial charge in [0.1, 0.15) is 5.66 Å². The second-order valence-corrected chi connectivity index (χ2v) is 4.40. The Bertz CT molecular complexity index is 418. The zero-order valence-electron chi connectivity index (χ0n) is 9.87. The molecular formula is C12H17N3O. The standard InChI is InChI=1S/C12H17N3O/c1-4-12(3)13-11(16)15(14-12)10-7-5-6-9(2)8-10/h5-8,14H,4H2,1-3H3,(H,13,16)/t12-/m0/s1. The number of nitrogens with zero attached hydrogens (tertiary/aromatic N) is 1. The zero-order chi connectivity index (χ0) is 11.8. The Hall–Kier alpha value is -1.55. The first-order valence-electron chi connectivity index (χ1n) is 5.51. The summed E-state index contributed by atoms with van der Waals surface area (Å²) in [5.41, 5.74) is 4.84. The van der Waals surface area contributed by atoms with Gasteiger partial charge in [0.25, 0.3) is 0 Å². The van der Waals surface area contributed by atoms with Gasteiger partial charge in [-0.1, -0.05) is 19.1 Å². The number of carbonyl (C=O) groups is 1. The van der Waals surface area contributed by atoms with E-state index >= 15 is 0 Å². The van der Waals surface area contributed by atoms with E-state index in [0.717, 1.165) is 17.7 Å². The van der Waals surface area contributed by atoms with Crippen molar-refractivity contribution in [3.8, 4) is 0 Å². The summed E-state index contributed by atoms with van der Waals surface area (Å²) in [5.74, 6) is 0. The number of aryl methyl sites for hydroxylation is 1. The lowest BCUT2D eigenvalue weighted by Gasteiger charge is -2.23. The van der Waals surface area contributed by atoms with E-state index in [1.165, 1.54) is 0 Å². The maximum absolute atomic E-state index is 11.8. The molecule has 1 aliphatic heterocycles. The fourth-order valence-corrected chi connectivity index (χ4v) is 1.73. The van der Waals surface area contributed by atoms with Gasteiger partial charge in [0, 0.05) is 0 Å².